The molecule has 98 valence electrons. The van der Waals surface area contributed by atoms with Crippen LogP contribution in [-0.4, -0.2) is 39.0 Å². The van der Waals surface area contributed by atoms with Crippen molar-refractivity contribution in [2.75, 3.05) is 13.1 Å². The Labute approximate surface area is 107 Å². The predicted octanol–water partition coefficient (Wildman–Crippen LogP) is 1.65. The first kappa shape index (κ1) is 13.0. The quantitative estimate of drug-likeness (QED) is 0.882. The van der Waals surface area contributed by atoms with E-state index in [0.717, 1.165) is 13.1 Å². The van der Waals surface area contributed by atoms with E-state index in [2.05, 4.69) is 28.7 Å². The molecule has 1 saturated heterocycles. The molecule has 0 amide bonds. The van der Waals surface area contributed by atoms with Gasteiger partial charge in [0.2, 0.25) is 0 Å². The van der Waals surface area contributed by atoms with E-state index < -0.39 is 5.97 Å². The smallest absolute Gasteiger partial charge is 0.339 e. The van der Waals surface area contributed by atoms with E-state index in [1.165, 1.54) is 18.9 Å². The number of carbonyl (C=O) groups is 1. The van der Waals surface area contributed by atoms with Crippen molar-refractivity contribution in [3.8, 4) is 0 Å². The Morgan fingerprint density at radius 1 is 1.44 bits per heavy atom. The molecule has 1 aromatic rings. The molecule has 0 saturated carbocycles. The van der Waals surface area contributed by atoms with Crippen LogP contribution in [0, 0.1) is 11.8 Å². The van der Waals surface area contributed by atoms with Gasteiger partial charge in [0.25, 0.3) is 0 Å². The van der Waals surface area contributed by atoms with E-state index in [0.29, 0.717) is 24.1 Å². The first-order valence-corrected chi connectivity index (χ1v) is 6.30. The monoisotopic (exact) mass is 249 g/mol. The molecule has 1 aliphatic rings. The number of carboxylic acid groups (broad SMARTS) is 1. The van der Waals surface area contributed by atoms with Gasteiger partial charge in [0.15, 0.2) is 0 Å². The normalized spacial score (nSPS) is 25.0. The van der Waals surface area contributed by atoms with E-state index in [-0.39, 0.29) is 5.56 Å². The zero-order valence-electron chi connectivity index (χ0n) is 10.8. The fourth-order valence-corrected chi connectivity index (χ4v) is 2.79. The third kappa shape index (κ3) is 3.04. The van der Waals surface area contributed by atoms with Gasteiger partial charge in [-0.05, 0) is 18.3 Å². The molecule has 0 bridgehead atoms. The topological polar surface area (TPSA) is 66.3 Å². The maximum Gasteiger partial charge on any atom is 0.339 e. The Kier molecular flexibility index (Phi) is 3.91. The van der Waals surface area contributed by atoms with Crippen LogP contribution in [0.4, 0.5) is 0 Å². The third-order valence-electron chi connectivity index (χ3n) is 3.34. The summed E-state index contributed by atoms with van der Waals surface area (Å²) in [5, 5.41) is 9.10. The van der Waals surface area contributed by atoms with E-state index in [4.69, 9.17) is 5.11 Å². The second-order valence-corrected chi connectivity index (χ2v) is 5.33. The second kappa shape index (κ2) is 5.44. The summed E-state index contributed by atoms with van der Waals surface area (Å²) in [6, 6.07) is 0. The maximum absolute atomic E-state index is 11.1. The number of piperidine rings is 1. The summed E-state index contributed by atoms with van der Waals surface area (Å²) in [6.07, 6.45) is 4.03. The highest BCUT2D eigenvalue weighted by Crippen LogP contribution is 2.22. The first-order valence-electron chi connectivity index (χ1n) is 6.30. The summed E-state index contributed by atoms with van der Waals surface area (Å²) in [5.74, 6) is 0.358. The highest BCUT2D eigenvalue weighted by atomic mass is 16.4. The van der Waals surface area contributed by atoms with Crippen molar-refractivity contribution in [3.05, 3.63) is 23.8 Å². The molecule has 0 radical (unpaired) electrons. The van der Waals surface area contributed by atoms with Crippen molar-refractivity contribution in [1.29, 1.82) is 0 Å². The minimum atomic E-state index is -0.955. The maximum atomic E-state index is 11.1. The van der Waals surface area contributed by atoms with Crippen molar-refractivity contribution in [3.63, 3.8) is 0 Å². The van der Waals surface area contributed by atoms with E-state index >= 15 is 0 Å². The minimum Gasteiger partial charge on any atom is -0.478 e. The molecule has 5 nitrogen and oxygen atoms in total. The lowest BCUT2D eigenvalue weighted by Gasteiger charge is -2.34. The van der Waals surface area contributed by atoms with Crippen LogP contribution in [0.15, 0.2) is 12.5 Å². The lowest BCUT2D eigenvalue weighted by Crippen LogP contribution is -2.38. The van der Waals surface area contributed by atoms with Gasteiger partial charge in [-0.15, -0.1) is 0 Å². The number of likely N-dealkylation sites (tertiary alicyclic amines) is 1. The summed E-state index contributed by atoms with van der Waals surface area (Å²) in [4.78, 5) is 21.3. The molecular weight excluding hydrogens is 230 g/mol. The van der Waals surface area contributed by atoms with Crippen LogP contribution in [0.25, 0.3) is 0 Å². The molecule has 2 rings (SSSR count). The van der Waals surface area contributed by atoms with E-state index in [1.807, 2.05) is 0 Å². The van der Waals surface area contributed by atoms with Gasteiger partial charge < -0.3 is 5.11 Å². The highest BCUT2D eigenvalue weighted by Gasteiger charge is 2.23. The number of hydrogen-bond donors (Lipinski definition) is 1. The molecule has 1 fully saturated rings. The predicted molar refractivity (Wildman–Crippen MR) is 67.2 cm³/mol. The summed E-state index contributed by atoms with van der Waals surface area (Å²) in [5.41, 5.74) is 0.821. The summed E-state index contributed by atoms with van der Waals surface area (Å²) < 4.78 is 0. The molecule has 5 heteroatoms. The van der Waals surface area contributed by atoms with Crippen molar-refractivity contribution >= 4 is 5.97 Å². The van der Waals surface area contributed by atoms with Gasteiger partial charge in [-0.25, -0.2) is 14.8 Å². The lowest BCUT2D eigenvalue weighted by molar-refractivity contribution is 0.0691. The number of aromatic nitrogens is 2. The van der Waals surface area contributed by atoms with Crippen LogP contribution >= 0.6 is 0 Å². The molecule has 2 atom stereocenters. The summed E-state index contributed by atoms with van der Waals surface area (Å²) in [6.45, 7) is 7.08. The number of rotatable bonds is 3. The largest absolute Gasteiger partial charge is 0.478 e. The molecule has 0 aromatic carbocycles. The van der Waals surface area contributed by atoms with Gasteiger partial charge >= 0.3 is 5.97 Å². The van der Waals surface area contributed by atoms with Crippen molar-refractivity contribution < 1.29 is 9.90 Å². The van der Waals surface area contributed by atoms with Crippen LogP contribution in [-0.2, 0) is 6.54 Å². The zero-order valence-corrected chi connectivity index (χ0v) is 10.8. The molecule has 1 N–H and O–H groups in total. The molecule has 2 unspecified atom stereocenters. The van der Waals surface area contributed by atoms with Gasteiger partial charge in [0, 0.05) is 25.8 Å². The van der Waals surface area contributed by atoms with Gasteiger partial charge in [-0.2, -0.15) is 0 Å². The average Bonchev–Trinajstić information content (AvgIpc) is 2.27. The standard InChI is InChI=1S/C13H19N3O2/c1-9-3-10(2)6-16(5-9)7-12-11(13(17)18)4-14-8-15-12/h4,8-10H,3,5-7H2,1-2H3,(H,17,18). The Bertz CT molecular complexity index is 426. The second-order valence-electron chi connectivity index (χ2n) is 5.33. The van der Waals surface area contributed by atoms with Gasteiger partial charge in [0.1, 0.15) is 11.9 Å². The molecule has 2 heterocycles. The molecule has 18 heavy (non-hydrogen) atoms. The van der Waals surface area contributed by atoms with Gasteiger partial charge in [-0.3, -0.25) is 4.90 Å². The SMILES string of the molecule is CC1CC(C)CN(Cc2ncncc2C(=O)O)C1. The minimum absolute atomic E-state index is 0.211. The van der Waals surface area contributed by atoms with Crippen LogP contribution < -0.4 is 0 Å². The molecular formula is C13H19N3O2. The van der Waals surface area contributed by atoms with Gasteiger partial charge in [-0.1, -0.05) is 13.8 Å². The number of hydrogen-bond acceptors (Lipinski definition) is 4. The highest BCUT2D eigenvalue weighted by molar-refractivity contribution is 5.88. The van der Waals surface area contributed by atoms with Crippen LogP contribution in [0.5, 0.6) is 0 Å². The molecule has 1 aliphatic heterocycles. The Morgan fingerprint density at radius 2 is 2.11 bits per heavy atom. The fourth-order valence-electron chi connectivity index (χ4n) is 2.79. The van der Waals surface area contributed by atoms with Crippen LogP contribution in [0.2, 0.25) is 0 Å². The van der Waals surface area contributed by atoms with Crippen LogP contribution in [0.1, 0.15) is 36.3 Å². The fraction of sp³-hybridized carbons (Fsp3) is 0.615. The third-order valence-corrected chi connectivity index (χ3v) is 3.34. The summed E-state index contributed by atoms with van der Waals surface area (Å²) in [7, 11) is 0. The zero-order chi connectivity index (χ0) is 13.1. The Hall–Kier alpha value is -1.49. The van der Waals surface area contributed by atoms with Crippen molar-refractivity contribution in [2.45, 2.75) is 26.8 Å². The van der Waals surface area contributed by atoms with Crippen molar-refractivity contribution in [2.24, 2.45) is 11.8 Å². The van der Waals surface area contributed by atoms with Crippen molar-refractivity contribution in [1.82, 2.24) is 14.9 Å². The average molecular weight is 249 g/mol. The number of aromatic carboxylic acids is 1. The molecule has 0 aliphatic carbocycles. The van der Waals surface area contributed by atoms with Crippen LogP contribution in [0.3, 0.4) is 0 Å². The first-order chi connectivity index (χ1) is 8.56. The van der Waals surface area contributed by atoms with E-state index in [1.54, 1.807) is 0 Å². The Balaban J connectivity index is 2.11. The lowest BCUT2D eigenvalue weighted by atomic mass is 9.92. The number of nitrogens with zero attached hydrogens (tertiary/aromatic N) is 3. The molecule has 0 spiro atoms. The van der Waals surface area contributed by atoms with Gasteiger partial charge in [0.05, 0.1) is 5.69 Å². The Morgan fingerprint density at radius 3 is 2.72 bits per heavy atom. The number of carboxylic acids is 1. The molecule has 1 aromatic heterocycles. The van der Waals surface area contributed by atoms with E-state index in [9.17, 15) is 4.79 Å². The summed E-state index contributed by atoms with van der Waals surface area (Å²) >= 11 is 0.